The zero-order valence-corrected chi connectivity index (χ0v) is 17.1. The van der Waals surface area contributed by atoms with Gasteiger partial charge in [0.05, 0.1) is 10.2 Å². The largest absolute Gasteiger partial charge is 0.325 e. The van der Waals surface area contributed by atoms with Crippen LogP contribution in [0.4, 0.5) is 11.4 Å². The minimum atomic E-state index is -0.500. The molecule has 1 unspecified atom stereocenters. The van der Waals surface area contributed by atoms with Crippen molar-refractivity contribution < 1.29 is 9.72 Å². The first-order chi connectivity index (χ1) is 14.5. The first-order valence-electron chi connectivity index (χ1n) is 9.20. The zero-order valence-electron chi connectivity index (χ0n) is 16.3. The molecule has 0 bridgehead atoms. The molecule has 0 spiro atoms. The fraction of sp³-hybridized carbons (Fsp3) is 0.200. The van der Waals surface area contributed by atoms with Crippen LogP contribution in [-0.2, 0) is 11.3 Å². The number of amides is 1. The molecule has 154 valence electrons. The van der Waals surface area contributed by atoms with Crippen LogP contribution in [0, 0.1) is 10.1 Å². The lowest BCUT2D eigenvalue weighted by Gasteiger charge is -2.15. The number of allylic oxidation sites excluding steroid dienone is 1. The van der Waals surface area contributed by atoms with Crippen LogP contribution in [0.25, 0.3) is 11.4 Å². The predicted molar refractivity (Wildman–Crippen MR) is 115 cm³/mol. The van der Waals surface area contributed by atoms with Crippen molar-refractivity contribution in [3.63, 3.8) is 0 Å². The maximum absolute atomic E-state index is 12.8. The number of nitrogens with zero attached hydrogens (tertiary/aromatic N) is 5. The number of hydrogen-bond donors (Lipinski definition) is 1. The zero-order chi connectivity index (χ0) is 21.5. The van der Waals surface area contributed by atoms with Gasteiger partial charge in [0.1, 0.15) is 0 Å². The van der Waals surface area contributed by atoms with Crippen LogP contribution < -0.4 is 5.32 Å². The Labute approximate surface area is 177 Å². The molecule has 2 aromatic heterocycles. The summed E-state index contributed by atoms with van der Waals surface area (Å²) in [6.45, 7) is 6.17. The first kappa shape index (κ1) is 21.2. The Morgan fingerprint density at radius 3 is 2.77 bits per heavy atom. The maximum atomic E-state index is 12.8. The lowest BCUT2D eigenvalue weighted by Crippen LogP contribution is -2.25. The van der Waals surface area contributed by atoms with E-state index in [4.69, 9.17) is 0 Å². The minimum Gasteiger partial charge on any atom is -0.325 e. The number of non-ortho nitro benzene ring substituents is 1. The number of aromatic nitrogens is 4. The molecule has 0 aliphatic carbocycles. The van der Waals surface area contributed by atoms with Crippen molar-refractivity contribution in [3.05, 3.63) is 71.6 Å². The van der Waals surface area contributed by atoms with Gasteiger partial charge >= 0.3 is 0 Å². The van der Waals surface area contributed by atoms with Gasteiger partial charge in [0.25, 0.3) is 5.69 Å². The van der Waals surface area contributed by atoms with Gasteiger partial charge in [0, 0.05) is 42.3 Å². The summed E-state index contributed by atoms with van der Waals surface area (Å²) in [5, 5.41) is 22.4. The van der Waals surface area contributed by atoms with Gasteiger partial charge in [-0.25, -0.2) is 0 Å². The molecule has 30 heavy (non-hydrogen) atoms. The molecule has 0 saturated carbocycles. The number of nitro groups is 1. The van der Waals surface area contributed by atoms with Crippen LogP contribution in [0.5, 0.6) is 0 Å². The Kier molecular flexibility index (Phi) is 6.91. The quantitative estimate of drug-likeness (QED) is 0.239. The molecule has 2 heterocycles. The van der Waals surface area contributed by atoms with E-state index in [9.17, 15) is 14.9 Å². The fourth-order valence-electron chi connectivity index (χ4n) is 2.75. The molecule has 0 fully saturated rings. The topological polar surface area (TPSA) is 116 Å². The highest BCUT2D eigenvalue weighted by atomic mass is 32.2. The van der Waals surface area contributed by atoms with Crippen molar-refractivity contribution in [2.75, 3.05) is 5.32 Å². The number of rotatable bonds is 9. The Hall–Kier alpha value is -3.53. The molecule has 0 saturated heterocycles. The third-order valence-electron chi connectivity index (χ3n) is 4.20. The first-order valence-corrected chi connectivity index (χ1v) is 10.1. The highest BCUT2D eigenvalue weighted by Crippen LogP contribution is 2.29. The number of hydrogen-bond acceptors (Lipinski definition) is 7. The molecule has 1 atom stereocenters. The standard InChI is InChI=1S/C20H20N6O3S/c1-3-12-25-18(14-8-10-21-11-9-14)23-24-20(25)30-17(4-2)19(27)22-15-6-5-7-16(13-15)26(28)29/h3,5-11,13,17H,1,4,12H2,2H3,(H,22,27). The van der Waals surface area contributed by atoms with Gasteiger partial charge in [-0.05, 0) is 24.6 Å². The summed E-state index contributed by atoms with van der Waals surface area (Å²) in [6, 6.07) is 9.53. The van der Waals surface area contributed by atoms with Gasteiger partial charge in [-0.3, -0.25) is 24.5 Å². The van der Waals surface area contributed by atoms with E-state index in [1.165, 1.54) is 30.0 Å². The molecule has 3 aromatic rings. The van der Waals surface area contributed by atoms with Crippen molar-refractivity contribution in [2.45, 2.75) is 30.3 Å². The van der Waals surface area contributed by atoms with E-state index in [1.54, 1.807) is 24.5 Å². The summed E-state index contributed by atoms with van der Waals surface area (Å²) >= 11 is 1.29. The Morgan fingerprint density at radius 2 is 2.10 bits per heavy atom. The predicted octanol–water partition coefficient (Wildman–Crippen LogP) is 3.94. The van der Waals surface area contributed by atoms with Crippen LogP contribution in [-0.4, -0.2) is 35.8 Å². The maximum Gasteiger partial charge on any atom is 0.271 e. The van der Waals surface area contributed by atoms with E-state index in [0.717, 1.165) is 5.56 Å². The average Bonchev–Trinajstić information content (AvgIpc) is 3.15. The lowest BCUT2D eigenvalue weighted by molar-refractivity contribution is -0.384. The molecule has 3 rings (SSSR count). The van der Waals surface area contributed by atoms with Crippen LogP contribution in [0.1, 0.15) is 13.3 Å². The molecule has 9 nitrogen and oxygen atoms in total. The molecule has 0 radical (unpaired) electrons. The van der Waals surface area contributed by atoms with Crippen LogP contribution in [0.2, 0.25) is 0 Å². The average molecular weight is 424 g/mol. The minimum absolute atomic E-state index is 0.0822. The summed E-state index contributed by atoms with van der Waals surface area (Å²) in [7, 11) is 0. The molecule has 0 aliphatic heterocycles. The number of nitrogens with one attached hydrogen (secondary N) is 1. The summed E-state index contributed by atoms with van der Waals surface area (Å²) < 4.78 is 1.89. The second-order valence-electron chi connectivity index (χ2n) is 6.25. The van der Waals surface area contributed by atoms with Gasteiger partial charge in [-0.15, -0.1) is 16.8 Å². The van der Waals surface area contributed by atoms with Gasteiger partial charge < -0.3 is 5.32 Å². The monoisotopic (exact) mass is 424 g/mol. The molecule has 1 N–H and O–H groups in total. The van der Waals surface area contributed by atoms with E-state index in [2.05, 4.69) is 27.1 Å². The summed E-state index contributed by atoms with van der Waals surface area (Å²) in [5.41, 5.74) is 1.15. The third kappa shape index (κ3) is 4.90. The number of carbonyl (C=O) groups is 1. The van der Waals surface area contributed by atoms with Crippen molar-refractivity contribution in [1.29, 1.82) is 0 Å². The Morgan fingerprint density at radius 1 is 1.33 bits per heavy atom. The normalized spacial score (nSPS) is 11.6. The molecular formula is C20H20N6O3S. The molecule has 0 aliphatic rings. The molecule has 1 aromatic carbocycles. The summed E-state index contributed by atoms with van der Waals surface area (Å²) in [6.07, 6.45) is 5.63. The van der Waals surface area contributed by atoms with E-state index < -0.39 is 10.2 Å². The fourth-order valence-corrected chi connectivity index (χ4v) is 3.72. The van der Waals surface area contributed by atoms with Gasteiger partial charge in [-0.2, -0.15) is 0 Å². The van der Waals surface area contributed by atoms with Crippen molar-refractivity contribution in [1.82, 2.24) is 19.7 Å². The summed E-state index contributed by atoms with van der Waals surface area (Å²) in [5.74, 6) is 0.398. The van der Waals surface area contributed by atoms with Crippen molar-refractivity contribution in [3.8, 4) is 11.4 Å². The molecule has 10 heteroatoms. The van der Waals surface area contributed by atoms with Gasteiger partial charge in [0.2, 0.25) is 5.91 Å². The Balaban J connectivity index is 1.80. The second-order valence-corrected chi connectivity index (χ2v) is 7.42. The van der Waals surface area contributed by atoms with E-state index >= 15 is 0 Å². The van der Waals surface area contributed by atoms with E-state index in [0.29, 0.717) is 29.6 Å². The number of carbonyl (C=O) groups excluding carboxylic acids is 1. The number of benzene rings is 1. The van der Waals surface area contributed by atoms with Crippen LogP contribution in [0.15, 0.2) is 66.6 Å². The number of thioether (sulfide) groups is 1. The Bertz CT molecular complexity index is 1050. The highest BCUT2D eigenvalue weighted by Gasteiger charge is 2.23. The smallest absolute Gasteiger partial charge is 0.271 e. The molecule has 1 amide bonds. The SMILES string of the molecule is C=CCn1c(SC(CC)C(=O)Nc2cccc([N+](=O)[O-])c2)nnc1-c1ccncc1. The van der Waals surface area contributed by atoms with E-state index in [-0.39, 0.29) is 11.6 Å². The van der Waals surface area contributed by atoms with Crippen molar-refractivity contribution >= 4 is 29.0 Å². The van der Waals surface area contributed by atoms with Crippen molar-refractivity contribution in [2.24, 2.45) is 0 Å². The third-order valence-corrected chi connectivity index (χ3v) is 5.55. The lowest BCUT2D eigenvalue weighted by atomic mass is 10.2. The van der Waals surface area contributed by atoms with Crippen LogP contribution in [0.3, 0.4) is 0 Å². The number of anilines is 1. The highest BCUT2D eigenvalue weighted by molar-refractivity contribution is 8.00. The second kappa shape index (κ2) is 9.79. The van der Waals surface area contributed by atoms with Gasteiger partial charge in [-0.1, -0.05) is 30.8 Å². The van der Waals surface area contributed by atoms with Gasteiger partial charge in [0.15, 0.2) is 11.0 Å². The summed E-state index contributed by atoms with van der Waals surface area (Å²) in [4.78, 5) is 27.3. The van der Waals surface area contributed by atoms with E-state index in [1.807, 2.05) is 23.6 Å². The number of pyridine rings is 1. The van der Waals surface area contributed by atoms with Crippen LogP contribution >= 0.6 is 11.8 Å². The number of nitro benzene ring substituents is 1. The molecular weight excluding hydrogens is 404 g/mol.